The molecule has 0 aliphatic rings. The minimum atomic E-state index is -1.01. The van der Waals surface area contributed by atoms with E-state index >= 15 is 0 Å². The van der Waals surface area contributed by atoms with Crippen molar-refractivity contribution in [3.63, 3.8) is 0 Å². The highest BCUT2D eigenvalue weighted by molar-refractivity contribution is 7.13. The SMILES string of the molecule is COCC(C)(CC(=O)O)NC(=O)CCc1nc(-c2cccs2)no1. The zero-order chi connectivity index (χ0) is 17.6. The van der Waals surface area contributed by atoms with Gasteiger partial charge in [-0.3, -0.25) is 9.59 Å². The van der Waals surface area contributed by atoms with Crippen molar-refractivity contribution in [2.24, 2.45) is 0 Å². The van der Waals surface area contributed by atoms with Crippen LogP contribution in [0.2, 0.25) is 0 Å². The van der Waals surface area contributed by atoms with Crippen molar-refractivity contribution in [2.45, 2.75) is 31.7 Å². The quantitative estimate of drug-likeness (QED) is 0.705. The van der Waals surface area contributed by atoms with Gasteiger partial charge in [-0.05, 0) is 18.4 Å². The van der Waals surface area contributed by atoms with Gasteiger partial charge in [0.15, 0.2) is 0 Å². The van der Waals surface area contributed by atoms with E-state index < -0.39 is 11.5 Å². The minimum Gasteiger partial charge on any atom is -0.481 e. The minimum absolute atomic E-state index is 0.105. The maximum atomic E-state index is 12.1. The van der Waals surface area contributed by atoms with Gasteiger partial charge in [-0.15, -0.1) is 11.3 Å². The van der Waals surface area contributed by atoms with Gasteiger partial charge in [0.05, 0.1) is 23.4 Å². The van der Waals surface area contributed by atoms with Gasteiger partial charge in [0.1, 0.15) is 0 Å². The van der Waals surface area contributed by atoms with E-state index in [2.05, 4.69) is 15.5 Å². The molecule has 2 rings (SSSR count). The van der Waals surface area contributed by atoms with Gasteiger partial charge in [-0.25, -0.2) is 0 Å². The highest BCUT2D eigenvalue weighted by Crippen LogP contribution is 2.21. The number of aliphatic carboxylic acids is 1. The monoisotopic (exact) mass is 353 g/mol. The number of nitrogens with zero attached hydrogens (tertiary/aromatic N) is 2. The first-order valence-corrected chi connectivity index (χ1v) is 8.18. The first kappa shape index (κ1) is 18.1. The maximum Gasteiger partial charge on any atom is 0.305 e. The number of thiophene rings is 1. The Balaban J connectivity index is 1.89. The number of carboxylic acid groups (broad SMARTS) is 1. The summed E-state index contributed by atoms with van der Waals surface area (Å²) in [4.78, 5) is 28.1. The number of rotatable bonds is 9. The molecule has 0 radical (unpaired) electrons. The van der Waals surface area contributed by atoms with E-state index in [1.165, 1.54) is 18.4 Å². The van der Waals surface area contributed by atoms with E-state index in [1.807, 2.05) is 17.5 Å². The molecule has 0 bridgehead atoms. The first-order chi connectivity index (χ1) is 11.4. The summed E-state index contributed by atoms with van der Waals surface area (Å²) in [7, 11) is 1.46. The lowest BCUT2D eigenvalue weighted by Crippen LogP contribution is -2.50. The summed E-state index contributed by atoms with van der Waals surface area (Å²) in [5.41, 5.74) is -0.964. The second kappa shape index (κ2) is 8.02. The molecule has 2 aromatic heterocycles. The Bertz CT molecular complexity index is 685. The number of ether oxygens (including phenoxy) is 1. The Morgan fingerprint density at radius 3 is 2.92 bits per heavy atom. The molecule has 24 heavy (non-hydrogen) atoms. The van der Waals surface area contributed by atoms with Crippen LogP contribution in [0.3, 0.4) is 0 Å². The lowest BCUT2D eigenvalue weighted by Gasteiger charge is -2.28. The molecule has 0 aliphatic carbocycles. The fourth-order valence-corrected chi connectivity index (χ4v) is 2.91. The summed E-state index contributed by atoms with van der Waals surface area (Å²) in [6.07, 6.45) is 0.168. The van der Waals surface area contributed by atoms with Crippen molar-refractivity contribution in [1.82, 2.24) is 15.5 Å². The van der Waals surface area contributed by atoms with Crippen LogP contribution in [0.5, 0.6) is 0 Å². The molecule has 2 heterocycles. The van der Waals surface area contributed by atoms with Crippen LogP contribution >= 0.6 is 11.3 Å². The van der Waals surface area contributed by atoms with Crippen molar-refractivity contribution in [3.8, 4) is 10.7 Å². The predicted molar refractivity (Wildman–Crippen MR) is 86.6 cm³/mol. The van der Waals surface area contributed by atoms with Crippen LogP contribution in [0, 0.1) is 0 Å². The Morgan fingerprint density at radius 2 is 2.29 bits per heavy atom. The molecule has 0 spiro atoms. The van der Waals surface area contributed by atoms with E-state index in [4.69, 9.17) is 14.4 Å². The van der Waals surface area contributed by atoms with E-state index in [-0.39, 0.29) is 31.8 Å². The maximum absolute atomic E-state index is 12.1. The molecular formula is C15H19N3O5S. The Morgan fingerprint density at radius 1 is 1.50 bits per heavy atom. The molecule has 2 aromatic rings. The average molecular weight is 353 g/mol. The predicted octanol–water partition coefficient (Wildman–Crippen LogP) is 1.73. The fraction of sp³-hybridized carbons (Fsp3) is 0.467. The number of carboxylic acids is 1. The van der Waals surface area contributed by atoms with Crippen LogP contribution in [0.25, 0.3) is 10.7 Å². The molecule has 1 unspecified atom stereocenters. The normalized spacial score (nSPS) is 13.4. The molecule has 0 saturated heterocycles. The molecule has 0 aliphatic heterocycles. The van der Waals surface area contributed by atoms with Crippen molar-refractivity contribution in [2.75, 3.05) is 13.7 Å². The zero-order valence-electron chi connectivity index (χ0n) is 13.4. The van der Waals surface area contributed by atoms with Gasteiger partial charge in [0.2, 0.25) is 17.6 Å². The average Bonchev–Trinajstić information content (AvgIpc) is 3.15. The largest absolute Gasteiger partial charge is 0.481 e. The highest BCUT2D eigenvalue weighted by atomic mass is 32.1. The molecule has 1 amide bonds. The van der Waals surface area contributed by atoms with Gasteiger partial charge < -0.3 is 19.7 Å². The fourth-order valence-electron chi connectivity index (χ4n) is 2.27. The lowest BCUT2D eigenvalue weighted by atomic mass is 9.98. The van der Waals surface area contributed by atoms with Gasteiger partial charge in [0, 0.05) is 20.0 Å². The van der Waals surface area contributed by atoms with Gasteiger partial charge in [0.25, 0.3) is 0 Å². The molecule has 0 fully saturated rings. The van der Waals surface area contributed by atoms with Crippen LogP contribution in [0.1, 0.15) is 25.7 Å². The number of aromatic nitrogens is 2. The second-order valence-electron chi connectivity index (χ2n) is 5.60. The number of carbonyl (C=O) groups excluding carboxylic acids is 1. The number of amides is 1. The number of hydrogen-bond acceptors (Lipinski definition) is 7. The Hall–Kier alpha value is -2.26. The van der Waals surface area contributed by atoms with E-state index in [0.29, 0.717) is 11.7 Å². The lowest BCUT2D eigenvalue weighted by molar-refractivity contribution is -0.139. The van der Waals surface area contributed by atoms with Gasteiger partial charge >= 0.3 is 5.97 Å². The third kappa shape index (κ3) is 5.14. The van der Waals surface area contributed by atoms with E-state index in [9.17, 15) is 9.59 Å². The topological polar surface area (TPSA) is 115 Å². The first-order valence-electron chi connectivity index (χ1n) is 7.30. The van der Waals surface area contributed by atoms with Crippen molar-refractivity contribution in [3.05, 3.63) is 23.4 Å². The third-order valence-electron chi connectivity index (χ3n) is 3.22. The molecule has 1 atom stereocenters. The van der Waals surface area contributed by atoms with Crippen molar-refractivity contribution in [1.29, 1.82) is 0 Å². The molecule has 0 saturated carbocycles. The number of nitrogens with one attached hydrogen (secondary N) is 1. The Labute approximate surface area is 142 Å². The smallest absolute Gasteiger partial charge is 0.305 e. The van der Waals surface area contributed by atoms with Gasteiger partial charge in [-0.2, -0.15) is 4.98 Å². The summed E-state index contributed by atoms with van der Waals surface area (Å²) in [6, 6.07) is 3.77. The summed E-state index contributed by atoms with van der Waals surface area (Å²) in [6.45, 7) is 1.73. The standard InChI is InChI=1S/C15H19N3O5S/c1-15(9-22-2,8-13(20)21)17-11(19)5-6-12-16-14(18-23-12)10-4-3-7-24-10/h3-4,7H,5-6,8-9H2,1-2H3,(H,17,19)(H,20,21). The van der Waals surface area contributed by atoms with Crippen molar-refractivity contribution < 1.29 is 24.0 Å². The molecule has 0 aromatic carbocycles. The van der Waals surface area contributed by atoms with E-state index in [1.54, 1.807) is 6.92 Å². The summed E-state index contributed by atoms with van der Waals surface area (Å²) in [5.74, 6) is -0.449. The second-order valence-corrected chi connectivity index (χ2v) is 6.55. The number of aryl methyl sites for hydroxylation is 1. The summed E-state index contributed by atoms with van der Waals surface area (Å²) >= 11 is 1.50. The van der Waals surface area contributed by atoms with Crippen molar-refractivity contribution >= 4 is 23.2 Å². The number of hydrogen-bond donors (Lipinski definition) is 2. The van der Waals surface area contributed by atoms with Crippen LogP contribution in [0.15, 0.2) is 22.0 Å². The van der Waals surface area contributed by atoms with Crippen LogP contribution in [0.4, 0.5) is 0 Å². The van der Waals surface area contributed by atoms with Crippen LogP contribution < -0.4 is 5.32 Å². The van der Waals surface area contributed by atoms with Crippen LogP contribution in [-0.4, -0.2) is 46.4 Å². The molecular weight excluding hydrogens is 334 g/mol. The molecule has 2 N–H and O–H groups in total. The Kier molecular flexibility index (Phi) is 6.04. The molecule has 8 nitrogen and oxygen atoms in total. The highest BCUT2D eigenvalue weighted by Gasteiger charge is 2.29. The molecule has 130 valence electrons. The number of methoxy groups -OCH3 is 1. The van der Waals surface area contributed by atoms with Crippen LogP contribution in [-0.2, 0) is 20.7 Å². The summed E-state index contributed by atoms with van der Waals surface area (Å²) < 4.78 is 10.1. The molecule has 9 heteroatoms. The summed E-state index contributed by atoms with van der Waals surface area (Å²) in [5, 5.41) is 17.4. The van der Waals surface area contributed by atoms with E-state index in [0.717, 1.165) is 4.88 Å². The number of carbonyl (C=O) groups is 2. The van der Waals surface area contributed by atoms with Gasteiger partial charge in [-0.1, -0.05) is 11.2 Å². The third-order valence-corrected chi connectivity index (χ3v) is 4.09. The zero-order valence-corrected chi connectivity index (χ0v) is 14.3.